The first kappa shape index (κ1) is 11.9. The number of nitrogens with zero attached hydrogens (tertiary/aromatic N) is 2. The third-order valence-electron chi connectivity index (χ3n) is 2.79. The molecule has 0 saturated carbocycles. The minimum absolute atomic E-state index is 0.998. The molecule has 0 bridgehead atoms. The molecule has 0 aliphatic carbocycles. The maximum absolute atomic E-state index is 4.58. The molecule has 4 nitrogen and oxygen atoms in total. The first-order valence-corrected chi connectivity index (χ1v) is 6.34. The van der Waals surface area contributed by atoms with Crippen LogP contribution in [0.5, 0.6) is 0 Å². The Hall–Kier alpha value is -1.55. The van der Waals surface area contributed by atoms with Crippen LogP contribution < -0.4 is 10.2 Å². The minimum atomic E-state index is 0.998. The van der Waals surface area contributed by atoms with E-state index in [0.29, 0.717) is 0 Å². The van der Waals surface area contributed by atoms with Crippen LogP contribution in [-0.4, -0.2) is 36.1 Å². The van der Waals surface area contributed by atoms with Crippen LogP contribution in [0.15, 0.2) is 24.3 Å². The van der Waals surface area contributed by atoms with E-state index in [2.05, 4.69) is 26.3 Å². The van der Waals surface area contributed by atoms with Crippen molar-refractivity contribution in [2.75, 3.05) is 31.1 Å². The summed E-state index contributed by atoms with van der Waals surface area (Å²) in [5, 5.41) is 3.33. The number of piperazine rings is 1. The highest BCUT2D eigenvalue weighted by atomic mass is 15.3. The Kier molecular flexibility index (Phi) is 3.98. The molecular formula is C13H20N4. The van der Waals surface area contributed by atoms with Gasteiger partial charge in [-0.2, -0.15) is 0 Å². The summed E-state index contributed by atoms with van der Waals surface area (Å²) in [5.41, 5.74) is 2.16. The number of benzene rings is 1. The number of rotatable bonds is 1. The fourth-order valence-electron chi connectivity index (χ4n) is 1.97. The third-order valence-corrected chi connectivity index (χ3v) is 2.79. The molecule has 17 heavy (non-hydrogen) atoms. The molecular weight excluding hydrogens is 212 g/mol. The quantitative estimate of drug-likeness (QED) is 0.790. The van der Waals surface area contributed by atoms with Gasteiger partial charge in [0, 0.05) is 26.2 Å². The molecule has 0 unspecified atom stereocenters. The molecule has 0 atom stereocenters. The summed E-state index contributed by atoms with van der Waals surface area (Å²) >= 11 is 0. The second kappa shape index (κ2) is 5.68. The van der Waals surface area contributed by atoms with Crippen molar-refractivity contribution in [1.82, 2.24) is 15.3 Å². The normalized spacial score (nSPS) is 15.5. The van der Waals surface area contributed by atoms with Crippen LogP contribution in [0.3, 0.4) is 0 Å². The van der Waals surface area contributed by atoms with E-state index in [-0.39, 0.29) is 0 Å². The van der Waals surface area contributed by atoms with Crippen molar-refractivity contribution in [3.63, 3.8) is 0 Å². The maximum atomic E-state index is 4.58. The second-order valence-electron chi connectivity index (χ2n) is 3.81. The Balaban J connectivity index is 0.000000514. The lowest BCUT2D eigenvalue weighted by atomic mass is 10.3. The van der Waals surface area contributed by atoms with Gasteiger partial charge in [-0.3, -0.25) is 0 Å². The third kappa shape index (κ3) is 2.58. The Labute approximate surface area is 102 Å². The van der Waals surface area contributed by atoms with E-state index in [1.807, 2.05) is 32.0 Å². The van der Waals surface area contributed by atoms with Crippen LogP contribution >= 0.6 is 0 Å². The van der Waals surface area contributed by atoms with Crippen molar-refractivity contribution >= 4 is 17.0 Å². The molecule has 2 N–H and O–H groups in total. The number of nitrogens with one attached hydrogen (secondary N) is 2. The number of fused-ring (bicyclic) bond motifs is 1. The number of aromatic nitrogens is 2. The average Bonchev–Trinajstić information content (AvgIpc) is 2.86. The highest BCUT2D eigenvalue weighted by molar-refractivity contribution is 5.77. The zero-order valence-electron chi connectivity index (χ0n) is 10.5. The van der Waals surface area contributed by atoms with E-state index in [1.54, 1.807) is 0 Å². The zero-order chi connectivity index (χ0) is 12.1. The predicted molar refractivity (Wildman–Crippen MR) is 72.5 cm³/mol. The van der Waals surface area contributed by atoms with Crippen molar-refractivity contribution in [3.8, 4) is 0 Å². The van der Waals surface area contributed by atoms with Crippen LogP contribution in [0.25, 0.3) is 11.0 Å². The van der Waals surface area contributed by atoms with E-state index < -0.39 is 0 Å². The molecule has 1 aliphatic heterocycles. The fourth-order valence-corrected chi connectivity index (χ4v) is 1.97. The molecule has 3 rings (SSSR count). The molecule has 1 aromatic carbocycles. The standard InChI is InChI=1S/C11H14N4.C2H6/c1-2-4-10-9(3-1)13-11(14-10)15-7-5-12-6-8-15;1-2/h1-4,12H,5-8H2,(H,13,14);1-2H3. The van der Waals surface area contributed by atoms with E-state index in [4.69, 9.17) is 0 Å². The molecule has 0 radical (unpaired) electrons. The van der Waals surface area contributed by atoms with Gasteiger partial charge in [-0.05, 0) is 12.1 Å². The van der Waals surface area contributed by atoms with Gasteiger partial charge in [0.1, 0.15) is 0 Å². The monoisotopic (exact) mass is 232 g/mol. The number of imidazole rings is 1. The summed E-state index contributed by atoms with van der Waals surface area (Å²) in [6.07, 6.45) is 0. The van der Waals surface area contributed by atoms with Crippen molar-refractivity contribution in [1.29, 1.82) is 0 Å². The molecule has 2 aromatic rings. The molecule has 1 aromatic heterocycles. The predicted octanol–water partition coefficient (Wildman–Crippen LogP) is 2.00. The number of aromatic amines is 1. The molecule has 1 fully saturated rings. The average molecular weight is 232 g/mol. The summed E-state index contributed by atoms with van der Waals surface area (Å²) in [7, 11) is 0. The van der Waals surface area contributed by atoms with Crippen LogP contribution in [0, 0.1) is 0 Å². The van der Waals surface area contributed by atoms with Gasteiger partial charge in [0.15, 0.2) is 0 Å². The highest BCUT2D eigenvalue weighted by Gasteiger charge is 2.13. The molecule has 0 amide bonds. The van der Waals surface area contributed by atoms with Gasteiger partial charge in [0.25, 0.3) is 0 Å². The number of hydrogen-bond acceptors (Lipinski definition) is 3. The Bertz CT molecular complexity index is 424. The van der Waals surface area contributed by atoms with Crippen LogP contribution in [0.1, 0.15) is 13.8 Å². The second-order valence-corrected chi connectivity index (χ2v) is 3.81. The molecule has 92 valence electrons. The molecule has 1 saturated heterocycles. The van der Waals surface area contributed by atoms with Gasteiger partial charge in [-0.25, -0.2) is 4.98 Å². The Morgan fingerprint density at radius 1 is 1.12 bits per heavy atom. The molecule has 2 heterocycles. The summed E-state index contributed by atoms with van der Waals surface area (Å²) < 4.78 is 0. The first-order chi connectivity index (χ1) is 8.43. The molecule has 1 aliphatic rings. The van der Waals surface area contributed by atoms with Gasteiger partial charge in [-0.15, -0.1) is 0 Å². The van der Waals surface area contributed by atoms with E-state index in [9.17, 15) is 0 Å². The van der Waals surface area contributed by atoms with Gasteiger partial charge in [0.05, 0.1) is 11.0 Å². The van der Waals surface area contributed by atoms with Gasteiger partial charge in [0.2, 0.25) is 5.95 Å². The maximum Gasteiger partial charge on any atom is 0.203 e. The number of para-hydroxylation sites is 2. The number of anilines is 1. The number of H-pyrrole nitrogens is 1. The topological polar surface area (TPSA) is 44.0 Å². The lowest BCUT2D eigenvalue weighted by Gasteiger charge is -2.26. The summed E-state index contributed by atoms with van der Waals surface area (Å²) in [6, 6.07) is 8.15. The molecule has 4 heteroatoms. The zero-order valence-corrected chi connectivity index (χ0v) is 10.5. The summed E-state index contributed by atoms with van der Waals surface area (Å²) in [6.45, 7) is 8.13. The minimum Gasteiger partial charge on any atom is -0.340 e. The summed E-state index contributed by atoms with van der Waals surface area (Å²) in [5.74, 6) is 0.998. The Morgan fingerprint density at radius 3 is 2.53 bits per heavy atom. The first-order valence-electron chi connectivity index (χ1n) is 6.34. The van der Waals surface area contributed by atoms with E-state index in [1.165, 1.54) is 0 Å². The lowest BCUT2D eigenvalue weighted by Crippen LogP contribution is -2.44. The van der Waals surface area contributed by atoms with Crippen LogP contribution in [-0.2, 0) is 0 Å². The fraction of sp³-hybridized carbons (Fsp3) is 0.462. The lowest BCUT2D eigenvalue weighted by molar-refractivity contribution is 0.582. The van der Waals surface area contributed by atoms with Crippen LogP contribution in [0.4, 0.5) is 5.95 Å². The van der Waals surface area contributed by atoms with Crippen molar-refractivity contribution in [2.24, 2.45) is 0 Å². The van der Waals surface area contributed by atoms with Crippen LogP contribution in [0.2, 0.25) is 0 Å². The van der Waals surface area contributed by atoms with E-state index in [0.717, 1.165) is 43.2 Å². The highest BCUT2D eigenvalue weighted by Crippen LogP contribution is 2.16. The Morgan fingerprint density at radius 2 is 1.82 bits per heavy atom. The SMILES string of the molecule is CC.c1ccc2[nH]c(N3CCNCC3)nc2c1. The summed E-state index contributed by atoms with van der Waals surface area (Å²) in [4.78, 5) is 10.2. The molecule has 0 spiro atoms. The van der Waals surface area contributed by atoms with Gasteiger partial charge in [-0.1, -0.05) is 26.0 Å². The largest absolute Gasteiger partial charge is 0.340 e. The number of hydrogen-bond donors (Lipinski definition) is 2. The van der Waals surface area contributed by atoms with Crippen molar-refractivity contribution in [2.45, 2.75) is 13.8 Å². The van der Waals surface area contributed by atoms with Gasteiger partial charge >= 0.3 is 0 Å². The van der Waals surface area contributed by atoms with Crippen molar-refractivity contribution < 1.29 is 0 Å². The van der Waals surface area contributed by atoms with E-state index >= 15 is 0 Å². The smallest absolute Gasteiger partial charge is 0.203 e. The van der Waals surface area contributed by atoms with Crippen molar-refractivity contribution in [3.05, 3.63) is 24.3 Å². The van der Waals surface area contributed by atoms with Gasteiger partial charge < -0.3 is 15.2 Å².